The Morgan fingerprint density at radius 2 is 2.08 bits per heavy atom. The molecule has 1 aliphatic carbocycles. The molecule has 1 aromatic heterocycles. The first-order valence-electron chi connectivity index (χ1n) is 8.85. The standard InChI is InChI=1S/C18H24N2O4/c1-13-12-20(15-3-2-8-19-17(15)24-13)16(21)11-14-4-6-18(7-5-14)22-9-10-23-18/h2-3,8,13-14H,4-7,9-12H2,1H3. The number of hydrogen-bond donors (Lipinski definition) is 0. The highest BCUT2D eigenvalue weighted by Gasteiger charge is 2.41. The molecule has 3 aliphatic rings. The predicted molar refractivity (Wildman–Crippen MR) is 87.9 cm³/mol. The molecule has 1 saturated carbocycles. The van der Waals surface area contributed by atoms with E-state index in [9.17, 15) is 4.79 Å². The zero-order valence-electron chi connectivity index (χ0n) is 14.1. The quantitative estimate of drug-likeness (QED) is 0.833. The number of carbonyl (C=O) groups excluding carboxylic acids is 1. The van der Waals surface area contributed by atoms with Crippen LogP contribution in [0.3, 0.4) is 0 Å². The number of nitrogens with zero attached hydrogens (tertiary/aromatic N) is 2. The summed E-state index contributed by atoms with van der Waals surface area (Å²) < 4.78 is 17.3. The van der Waals surface area contributed by atoms with Gasteiger partial charge in [0.25, 0.3) is 0 Å². The summed E-state index contributed by atoms with van der Waals surface area (Å²) in [6.07, 6.45) is 5.97. The van der Waals surface area contributed by atoms with Crippen LogP contribution in [0, 0.1) is 5.92 Å². The molecular formula is C18H24N2O4. The number of fused-ring (bicyclic) bond motifs is 1. The van der Waals surface area contributed by atoms with Crippen LogP contribution in [0.5, 0.6) is 5.88 Å². The zero-order chi connectivity index (χ0) is 16.6. The van der Waals surface area contributed by atoms with Crippen molar-refractivity contribution < 1.29 is 19.0 Å². The number of anilines is 1. The third-order valence-electron chi connectivity index (χ3n) is 5.24. The summed E-state index contributed by atoms with van der Waals surface area (Å²) in [6, 6.07) is 3.75. The molecule has 1 saturated heterocycles. The summed E-state index contributed by atoms with van der Waals surface area (Å²) in [7, 11) is 0. The molecule has 1 spiro atoms. The van der Waals surface area contributed by atoms with Crippen LogP contribution in [0.15, 0.2) is 18.3 Å². The highest BCUT2D eigenvalue weighted by Crippen LogP contribution is 2.40. The summed E-state index contributed by atoms with van der Waals surface area (Å²) in [6.45, 7) is 3.94. The number of hydrogen-bond acceptors (Lipinski definition) is 5. The lowest BCUT2D eigenvalue weighted by atomic mass is 9.83. The minimum atomic E-state index is -0.358. The molecule has 24 heavy (non-hydrogen) atoms. The molecule has 130 valence electrons. The molecule has 1 aromatic rings. The van der Waals surface area contributed by atoms with E-state index in [1.54, 1.807) is 6.20 Å². The number of aromatic nitrogens is 1. The monoisotopic (exact) mass is 332 g/mol. The van der Waals surface area contributed by atoms with Gasteiger partial charge < -0.3 is 19.1 Å². The number of pyridine rings is 1. The van der Waals surface area contributed by atoms with Crippen molar-refractivity contribution in [1.29, 1.82) is 0 Å². The van der Waals surface area contributed by atoms with E-state index in [-0.39, 0.29) is 17.8 Å². The minimum absolute atomic E-state index is 0.0359. The Kier molecular flexibility index (Phi) is 4.18. The van der Waals surface area contributed by atoms with E-state index in [0.29, 0.717) is 38.0 Å². The molecule has 0 radical (unpaired) electrons. The number of ether oxygens (including phenoxy) is 3. The lowest BCUT2D eigenvalue weighted by Gasteiger charge is -2.37. The van der Waals surface area contributed by atoms with Gasteiger partial charge in [0.15, 0.2) is 5.79 Å². The number of carbonyl (C=O) groups is 1. The van der Waals surface area contributed by atoms with Crippen LogP contribution in [-0.4, -0.2) is 42.5 Å². The van der Waals surface area contributed by atoms with Crippen molar-refractivity contribution in [3.05, 3.63) is 18.3 Å². The second-order valence-corrected chi connectivity index (χ2v) is 7.02. The van der Waals surface area contributed by atoms with Gasteiger partial charge in [0, 0.05) is 25.5 Å². The fraction of sp³-hybridized carbons (Fsp3) is 0.667. The largest absolute Gasteiger partial charge is 0.471 e. The van der Waals surface area contributed by atoms with Gasteiger partial charge in [-0.05, 0) is 37.8 Å². The van der Waals surface area contributed by atoms with E-state index >= 15 is 0 Å². The lowest BCUT2D eigenvalue weighted by molar-refractivity contribution is -0.183. The summed E-state index contributed by atoms with van der Waals surface area (Å²) in [5.74, 6) is 0.756. The summed E-state index contributed by atoms with van der Waals surface area (Å²) >= 11 is 0. The second-order valence-electron chi connectivity index (χ2n) is 7.02. The first kappa shape index (κ1) is 15.8. The van der Waals surface area contributed by atoms with Crippen LogP contribution >= 0.6 is 0 Å². The second kappa shape index (κ2) is 6.33. The molecule has 1 atom stereocenters. The molecule has 3 heterocycles. The Balaban J connectivity index is 1.40. The van der Waals surface area contributed by atoms with Gasteiger partial charge in [-0.2, -0.15) is 0 Å². The van der Waals surface area contributed by atoms with Crippen LogP contribution in [0.4, 0.5) is 5.69 Å². The van der Waals surface area contributed by atoms with Crippen LogP contribution in [0.25, 0.3) is 0 Å². The van der Waals surface area contributed by atoms with Crippen molar-refractivity contribution in [3.8, 4) is 5.88 Å². The van der Waals surface area contributed by atoms with Crippen LogP contribution in [-0.2, 0) is 14.3 Å². The minimum Gasteiger partial charge on any atom is -0.471 e. The third kappa shape index (κ3) is 3.00. The first-order chi connectivity index (χ1) is 11.7. The van der Waals surface area contributed by atoms with Gasteiger partial charge in [0.2, 0.25) is 11.8 Å². The Hall–Kier alpha value is -1.66. The zero-order valence-corrected chi connectivity index (χ0v) is 14.1. The topological polar surface area (TPSA) is 60.9 Å². The van der Waals surface area contributed by atoms with Gasteiger partial charge in [0.1, 0.15) is 11.8 Å². The van der Waals surface area contributed by atoms with Gasteiger partial charge in [-0.25, -0.2) is 4.98 Å². The van der Waals surface area contributed by atoms with Gasteiger partial charge >= 0.3 is 0 Å². The van der Waals surface area contributed by atoms with Gasteiger partial charge in [-0.3, -0.25) is 4.79 Å². The van der Waals surface area contributed by atoms with E-state index in [2.05, 4.69) is 4.98 Å². The maximum Gasteiger partial charge on any atom is 0.238 e. The van der Waals surface area contributed by atoms with Gasteiger partial charge in [-0.1, -0.05) is 0 Å². The van der Waals surface area contributed by atoms with E-state index in [0.717, 1.165) is 31.4 Å². The van der Waals surface area contributed by atoms with E-state index in [1.165, 1.54) is 0 Å². The molecule has 6 heteroatoms. The molecule has 6 nitrogen and oxygen atoms in total. The average molecular weight is 332 g/mol. The fourth-order valence-electron chi connectivity index (χ4n) is 3.96. The summed E-state index contributed by atoms with van der Waals surface area (Å²) in [5, 5.41) is 0. The van der Waals surface area contributed by atoms with Crippen molar-refractivity contribution in [1.82, 2.24) is 4.98 Å². The SMILES string of the molecule is CC1CN(C(=O)CC2CCC3(CC2)OCCO3)c2cccnc2O1. The van der Waals surface area contributed by atoms with Crippen LogP contribution in [0.1, 0.15) is 39.0 Å². The number of amides is 1. The Morgan fingerprint density at radius 3 is 2.83 bits per heavy atom. The molecule has 1 amide bonds. The Morgan fingerprint density at radius 1 is 1.33 bits per heavy atom. The van der Waals surface area contributed by atoms with Crippen molar-refractivity contribution in [2.24, 2.45) is 5.92 Å². The van der Waals surface area contributed by atoms with E-state index in [1.807, 2.05) is 24.0 Å². The van der Waals surface area contributed by atoms with Crippen LogP contribution < -0.4 is 9.64 Å². The van der Waals surface area contributed by atoms with Crippen molar-refractivity contribution in [2.45, 2.75) is 50.9 Å². The van der Waals surface area contributed by atoms with Gasteiger partial charge in [-0.15, -0.1) is 0 Å². The van der Waals surface area contributed by atoms with E-state index in [4.69, 9.17) is 14.2 Å². The van der Waals surface area contributed by atoms with Crippen molar-refractivity contribution >= 4 is 11.6 Å². The molecule has 0 aromatic carbocycles. The molecule has 2 fully saturated rings. The smallest absolute Gasteiger partial charge is 0.238 e. The van der Waals surface area contributed by atoms with Crippen LogP contribution in [0.2, 0.25) is 0 Å². The summed E-state index contributed by atoms with van der Waals surface area (Å²) in [4.78, 5) is 19.0. The summed E-state index contributed by atoms with van der Waals surface area (Å²) in [5.41, 5.74) is 0.787. The maximum atomic E-state index is 12.9. The predicted octanol–water partition coefficient (Wildman–Crippen LogP) is 2.52. The van der Waals surface area contributed by atoms with E-state index < -0.39 is 0 Å². The molecule has 0 N–H and O–H groups in total. The van der Waals surface area contributed by atoms with Gasteiger partial charge in [0.05, 0.1) is 19.8 Å². The Labute approximate surface area is 142 Å². The highest BCUT2D eigenvalue weighted by molar-refractivity contribution is 5.95. The first-order valence-corrected chi connectivity index (χ1v) is 8.85. The molecule has 1 unspecified atom stereocenters. The Bertz CT molecular complexity index is 605. The lowest BCUT2D eigenvalue weighted by Crippen LogP contribution is -2.44. The molecule has 0 bridgehead atoms. The normalized spacial score (nSPS) is 26.2. The third-order valence-corrected chi connectivity index (χ3v) is 5.24. The maximum absolute atomic E-state index is 12.9. The van der Waals surface area contributed by atoms with Crippen molar-refractivity contribution in [2.75, 3.05) is 24.7 Å². The van der Waals surface area contributed by atoms with Crippen molar-refractivity contribution in [3.63, 3.8) is 0 Å². The molecular weight excluding hydrogens is 308 g/mol. The number of rotatable bonds is 2. The average Bonchev–Trinajstić information content (AvgIpc) is 3.04. The molecule has 2 aliphatic heterocycles. The highest BCUT2D eigenvalue weighted by atomic mass is 16.7. The fourth-order valence-corrected chi connectivity index (χ4v) is 3.96. The molecule has 4 rings (SSSR count).